The summed E-state index contributed by atoms with van der Waals surface area (Å²) in [6, 6.07) is 6.96. The monoisotopic (exact) mass is 340 g/mol. The first-order valence-electron chi connectivity index (χ1n) is 5.98. The van der Waals surface area contributed by atoms with Crippen molar-refractivity contribution >= 4 is 21.9 Å². The lowest BCUT2D eigenvalue weighted by atomic mass is 10.1. The Balaban J connectivity index is 2.55. The average molecular weight is 341 g/mol. The number of hydrogen-bond acceptors (Lipinski definition) is 3. The van der Waals surface area contributed by atoms with Crippen molar-refractivity contribution in [2.45, 2.75) is 12.8 Å². The van der Waals surface area contributed by atoms with Gasteiger partial charge in [-0.25, -0.2) is 9.48 Å². The largest absolute Gasteiger partial charge is 0.477 e. The molecule has 0 aliphatic heterocycles. The zero-order valence-corrected chi connectivity index (χ0v) is 12.1. The lowest BCUT2D eigenvalue weighted by Gasteiger charge is -2.01. The summed E-state index contributed by atoms with van der Waals surface area (Å²) in [4.78, 5) is 23.5. The molecule has 0 unspecified atom stereocenters. The van der Waals surface area contributed by atoms with E-state index in [1.54, 1.807) is 18.2 Å². The Morgan fingerprint density at radius 3 is 2.75 bits per heavy atom. The number of H-pyrrole nitrogens is 1. The van der Waals surface area contributed by atoms with E-state index in [4.69, 9.17) is 10.2 Å². The molecule has 0 saturated carbocycles. The van der Waals surface area contributed by atoms with Gasteiger partial charge in [-0.1, -0.05) is 22.0 Å². The van der Waals surface area contributed by atoms with Crippen molar-refractivity contribution in [1.82, 2.24) is 9.78 Å². The van der Waals surface area contributed by atoms with Crippen molar-refractivity contribution < 1.29 is 15.0 Å². The van der Waals surface area contributed by atoms with Crippen molar-refractivity contribution in [3.63, 3.8) is 0 Å². The second-order valence-electron chi connectivity index (χ2n) is 4.22. The summed E-state index contributed by atoms with van der Waals surface area (Å²) in [6.45, 7) is -0.0967. The van der Waals surface area contributed by atoms with Crippen molar-refractivity contribution in [3.05, 3.63) is 50.3 Å². The number of carbonyl (C=O) groups is 1. The summed E-state index contributed by atoms with van der Waals surface area (Å²) in [5, 5.41) is 20.6. The minimum atomic E-state index is -1.19. The molecule has 1 aromatic heterocycles. The summed E-state index contributed by atoms with van der Waals surface area (Å²) >= 11 is 3.30. The molecule has 0 spiro atoms. The summed E-state index contributed by atoms with van der Waals surface area (Å²) in [5.41, 5.74) is 0.172. The summed E-state index contributed by atoms with van der Waals surface area (Å²) < 4.78 is 1.98. The first kappa shape index (κ1) is 14.5. The molecular weight excluding hydrogens is 328 g/mol. The molecule has 0 aliphatic rings. The molecular formula is C13H13BrN2O4. The van der Waals surface area contributed by atoms with E-state index in [0.717, 1.165) is 4.47 Å². The highest BCUT2D eigenvalue weighted by Gasteiger charge is 2.19. The molecule has 3 N–H and O–H groups in total. The van der Waals surface area contributed by atoms with Crippen LogP contribution in [-0.4, -0.2) is 32.6 Å². The van der Waals surface area contributed by atoms with Gasteiger partial charge in [0.15, 0.2) is 0 Å². The van der Waals surface area contributed by atoms with Gasteiger partial charge < -0.3 is 10.2 Å². The molecule has 106 valence electrons. The number of benzene rings is 1. The Labute approximate surface area is 122 Å². The number of hydrogen-bond donors (Lipinski definition) is 3. The smallest absolute Gasteiger partial charge is 0.354 e. The average Bonchev–Trinajstić information content (AvgIpc) is 2.74. The van der Waals surface area contributed by atoms with Crippen LogP contribution in [-0.2, 0) is 6.42 Å². The van der Waals surface area contributed by atoms with Gasteiger partial charge in [0.1, 0.15) is 5.69 Å². The van der Waals surface area contributed by atoms with E-state index in [-0.39, 0.29) is 24.3 Å². The highest BCUT2D eigenvalue weighted by atomic mass is 79.9. The van der Waals surface area contributed by atoms with Gasteiger partial charge in [-0.2, -0.15) is 0 Å². The number of aliphatic hydroxyl groups excluding tert-OH is 1. The van der Waals surface area contributed by atoms with E-state index in [0.29, 0.717) is 12.1 Å². The van der Waals surface area contributed by atoms with Crippen LogP contribution in [0.25, 0.3) is 5.69 Å². The predicted octanol–water partition coefficient (Wildman–Crippen LogP) is 1.55. The zero-order chi connectivity index (χ0) is 14.7. The summed E-state index contributed by atoms with van der Waals surface area (Å²) in [6.07, 6.45) is 0.556. The fraction of sp³-hybridized carbons (Fsp3) is 0.231. The van der Waals surface area contributed by atoms with Gasteiger partial charge in [0.05, 0.1) is 11.3 Å². The minimum Gasteiger partial charge on any atom is -0.477 e. The highest BCUT2D eigenvalue weighted by Crippen LogP contribution is 2.15. The second-order valence-corrected chi connectivity index (χ2v) is 5.13. The number of carboxylic acid groups (broad SMARTS) is 1. The third-order valence-corrected chi connectivity index (χ3v) is 3.35. The normalized spacial score (nSPS) is 10.7. The Bertz CT molecular complexity index is 690. The molecule has 7 heteroatoms. The van der Waals surface area contributed by atoms with Crippen LogP contribution in [0.4, 0.5) is 0 Å². The van der Waals surface area contributed by atoms with E-state index in [2.05, 4.69) is 21.0 Å². The lowest BCUT2D eigenvalue weighted by molar-refractivity contribution is 0.0688. The van der Waals surface area contributed by atoms with E-state index < -0.39 is 11.5 Å². The molecule has 1 heterocycles. The topological polar surface area (TPSA) is 95.3 Å². The van der Waals surface area contributed by atoms with Crippen molar-refractivity contribution in [1.29, 1.82) is 0 Å². The number of aromatic carboxylic acids is 1. The molecule has 0 aliphatic carbocycles. The first-order valence-corrected chi connectivity index (χ1v) is 6.78. The van der Waals surface area contributed by atoms with Gasteiger partial charge in [0.2, 0.25) is 0 Å². The third-order valence-electron chi connectivity index (χ3n) is 2.85. The predicted molar refractivity (Wildman–Crippen MR) is 76.5 cm³/mol. The molecule has 0 saturated heterocycles. The molecule has 6 nitrogen and oxygen atoms in total. The van der Waals surface area contributed by atoms with Crippen LogP contribution in [0.15, 0.2) is 33.5 Å². The molecule has 0 radical (unpaired) electrons. The second kappa shape index (κ2) is 6.06. The van der Waals surface area contributed by atoms with Crippen LogP contribution in [0.2, 0.25) is 0 Å². The quantitative estimate of drug-likeness (QED) is 0.769. The van der Waals surface area contributed by atoms with Crippen LogP contribution >= 0.6 is 15.9 Å². The fourth-order valence-corrected chi connectivity index (χ4v) is 2.32. The molecule has 1 aromatic carbocycles. The Hall–Kier alpha value is -1.86. The number of carboxylic acids is 1. The standard InChI is InChI=1S/C13H13BrN2O4/c14-8-3-1-4-9(7-8)16-12(18)10(5-2-6-17)11(15-16)13(19)20/h1,3-4,7,15,17H,2,5-6H2,(H,19,20). The first-order chi connectivity index (χ1) is 9.54. The van der Waals surface area contributed by atoms with E-state index in [1.807, 2.05) is 6.07 Å². The van der Waals surface area contributed by atoms with E-state index in [1.165, 1.54) is 4.68 Å². The summed E-state index contributed by atoms with van der Waals surface area (Å²) in [7, 11) is 0. The fourth-order valence-electron chi connectivity index (χ4n) is 1.93. The Morgan fingerprint density at radius 1 is 1.40 bits per heavy atom. The zero-order valence-electron chi connectivity index (χ0n) is 10.5. The van der Waals surface area contributed by atoms with E-state index >= 15 is 0 Å². The van der Waals surface area contributed by atoms with Gasteiger partial charge in [0.25, 0.3) is 5.56 Å². The molecule has 0 atom stereocenters. The molecule has 0 bridgehead atoms. The Morgan fingerprint density at radius 2 is 2.15 bits per heavy atom. The number of nitrogens with zero attached hydrogens (tertiary/aromatic N) is 1. The molecule has 2 rings (SSSR count). The highest BCUT2D eigenvalue weighted by molar-refractivity contribution is 9.10. The Kier molecular flexibility index (Phi) is 4.41. The van der Waals surface area contributed by atoms with Crippen molar-refractivity contribution in [2.75, 3.05) is 6.61 Å². The van der Waals surface area contributed by atoms with Crippen LogP contribution < -0.4 is 5.56 Å². The van der Waals surface area contributed by atoms with Crippen LogP contribution in [0.5, 0.6) is 0 Å². The van der Waals surface area contributed by atoms with Gasteiger partial charge in [-0.3, -0.25) is 9.89 Å². The maximum atomic E-state index is 12.3. The molecule has 20 heavy (non-hydrogen) atoms. The number of aromatic amines is 1. The SMILES string of the molecule is O=C(O)c1[nH]n(-c2cccc(Br)c2)c(=O)c1CCCO. The van der Waals surface area contributed by atoms with E-state index in [9.17, 15) is 9.59 Å². The van der Waals surface area contributed by atoms with Gasteiger partial charge in [-0.15, -0.1) is 0 Å². The van der Waals surface area contributed by atoms with Gasteiger partial charge in [-0.05, 0) is 31.0 Å². The number of rotatable bonds is 5. The lowest BCUT2D eigenvalue weighted by Crippen LogP contribution is -2.17. The number of aromatic nitrogens is 2. The minimum absolute atomic E-state index is 0.0967. The number of halogens is 1. The molecule has 2 aromatic rings. The van der Waals surface area contributed by atoms with Gasteiger partial charge >= 0.3 is 5.97 Å². The number of aliphatic hydroxyl groups is 1. The third kappa shape index (κ3) is 2.83. The molecule has 0 amide bonds. The van der Waals surface area contributed by atoms with Crippen LogP contribution in [0.1, 0.15) is 22.5 Å². The maximum Gasteiger partial charge on any atom is 0.354 e. The van der Waals surface area contributed by atoms with Crippen LogP contribution in [0.3, 0.4) is 0 Å². The summed E-state index contributed by atoms with van der Waals surface area (Å²) in [5.74, 6) is -1.19. The van der Waals surface area contributed by atoms with Crippen molar-refractivity contribution in [3.8, 4) is 5.69 Å². The van der Waals surface area contributed by atoms with Crippen LogP contribution in [0, 0.1) is 0 Å². The van der Waals surface area contributed by atoms with Crippen molar-refractivity contribution in [2.24, 2.45) is 0 Å². The van der Waals surface area contributed by atoms with Gasteiger partial charge in [0, 0.05) is 11.1 Å². The maximum absolute atomic E-state index is 12.3. The number of nitrogens with one attached hydrogen (secondary N) is 1. The molecule has 0 fully saturated rings.